The number of ether oxygens (including phenoxy) is 1. The molecule has 2 atom stereocenters. The van der Waals surface area contributed by atoms with Crippen molar-refractivity contribution >= 4 is 17.8 Å². The Morgan fingerprint density at radius 1 is 1.08 bits per heavy atom. The summed E-state index contributed by atoms with van der Waals surface area (Å²) in [6.07, 6.45) is 1.22. The molecule has 1 saturated heterocycles. The molecule has 0 radical (unpaired) electrons. The molecule has 2 aliphatic rings. The Hall–Kier alpha value is -2.37. The number of hydrogen-bond acceptors (Lipinski definition) is 4. The lowest BCUT2D eigenvalue weighted by Gasteiger charge is -2.35. The highest BCUT2D eigenvalue weighted by Crippen LogP contribution is 2.65. The molecule has 1 saturated carbocycles. The second kappa shape index (κ2) is 5.33. The van der Waals surface area contributed by atoms with Crippen molar-refractivity contribution in [3.05, 3.63) is 35.9 Å². The van der Waals surface area contributed by atoms with Crippen molar-refractivity contribution in [3.8, 4) is 0 Å². The predicted molar refractivity (Wildman–Crippen MR) is 86.4 cm³/mol. The average Bonchev–Trinajstić information content (AvgIpc) is 2.84. The van der Waals surface area contributed by atoms with Gasteiger partial charge < -0.3 is 4.74 Å². The van der Waals surface area contributed by atoms with Gasteiger partial charge in [-0.2, -0.15) is 0 Å². The van der Waals surface area contributed by atoms with Crippen LogP contribution in [0.2, 0.25) is 0 Å². The van der Waals surface area contributed by atoms with E-state index in [1.165, 1.54) is 0 Å². The van der Waals surface area contributed by atoms with Crippen LogP contribution in [0, 0.1) is 10.8 Å². The molecule has 2 N–H and O–H groups in total. The van der Waals surface area contributed by atoms with Crippen LogP contribution in [0.5, 0.6) is 0 Å². The van der Waals surface area contributed by atoms with E-state index in [0.717, 1.165) is 5.56 Å². The lowest BCUT2D eigenvalue weighted by atomic mass is 9.66. The maximum absolute atomic E-state index is 12.7. The SMILES string of the molecule is CC1(C)[C@]2(C)CC[C@]1(C(=O)NNC(=O)Cc1ccccc1)OC2=O. The molecule has 6 nitrogen and oxygen atoms in total. The van der Waals surface area contributed by atoms with Crippen LogP contribution in [0.15, 0.2) is 30.3 Å². The van der Waals surface area contributed by atoms with E-state index in [1.807, 2.05) is 51.1 Å². The molecule has 1 aliphatic heterocycles. The summed E-state index contributed by atoms with van der Waals surface area (Å²) in [4.78, 5) is 36.8. The Kier molecular flexibility index (Phi) is 3.66. The average molecular weight is 330 g/mol. The monoisotopic (exact) mass is 330 g/mol. The van der Waals surface area contributed by atoms with Crippen molar-refractivity contribution in [1.82, 2.24) is 10.9 Å². The number of rotatable bonds is 3. The number of carbonyl (C=O) groups excluding carboxylic acids is 3. The highest BCUT2D eigenvalue weighted by molar-refractivity contribution is 5.97. The van der Waals surface area contributed by atoms with Crippen molar-refractivity contribution in [2.24, 2.45) is 10.8 Å². The van der Waals surface area contributed by atoms with Crippen molar-refractivity contribution in [2.75, 3.05) is 0 Å². The minimum absolute atomic E-state index is 0.162. The minimum Gasteiger partial charge on any atom is -0.448 e. The summed E-state index contributed by atoms with van der Waals surface area (Å²) in [6.45, 7) is 5.58. The van der Waals surface area contributed by atoms with Crippen molar-refractivity contribution < 1.29 is 19.1 Å². The molecule has 0 aromatic heterocycles. The fourth-order valence-corrected chi connectivity index (χ4v) is 3.80. The Labute approximate surface area is 140 Å². The standard InChI is InChI=1S/C18H22N2O4/c1-16(2)17(3)9-10-18(16,24-15(17)23)14(22)20-19-13(21)11-12-7-5-4-6-8-12/h4-8H,9-11H2,1-3H3,(H,19,21)(H,20,22)/t17-,18-/m1/s1. The van der Waals surface area contributed by atoms with E-state index in [1.54, 1.807) is 0 Å². The molecule has 1 heterocycles. The van der Waals surface area contributed by atoms with Crippen LogP contribution < -0.4 is 10.9 Å². The van der Waals surface area contributed by atoms with Crippen LogP contribution in [0.4, 0.5) is 0 Å². The molecule has 0 unspecified atom stereocenters. The zero-order valence-electron chi connectivity index (χ0n) is 14.1. The van der Waals surface area contributed by atoms with Crippen molar-refractivity contribution in [1.29, 1.82) is 0 Å². The van der Waals surface area contributed by atoms with Gasteiger partial charge in [-0.3, -0.25) is 25.2 Å². The van der Waals surface area contributed by atoms with E-state index in [4.69, 9.17) is 4.74 Å². The summed E-state index contributed by atoms with van der Waals surface area (Å²) in [5.74, 6) is -1.14. The highest BCUT2D eigenvalue weighted by atomic mass is 16.6. The Morgan fingerprint density at radius 3 is 2.29 bits per heavy atom. The molecular weight excluding hydrogens is 308 g/mol. The van der Waals surface area contributed by atoms with Crippen LogP contribution >= 0.6 is 0 Å². The van der Waals surface area contributed by atoms with E-state index in [-0.39, 0.29) is 18.3 Å². The Morgan fingerprint density at radius 2 is 1.75 bits per heavy atom. The largest absolute Gasteiger partial charge is 0.448 e. The molecular formula is C18H22N2O4. The van der Waals surface area contributed by atoms with Gasteiger partial charge >= 0.3 is 5.97 Å². The molecule has 2 amide bonds. The summed E-state index contributed by atoms with van der Waals surface area (Å²) in [7, 11) is 0. The Bertz CT molecular complexity index is 700. The van der Waals surface area contributed by atoms with Gasteiger partial charge in [-0.1, -0.05) is 44.2 Å². The molecule has 24 heavy (non-hydrogen) atoms. The molecule has 2 fully saturated rings. The first-order chi connectivity index (χ1) is 11.2. The zero-order valence-corrected chi connectivity index (χ0v) is 14.1. The van der Waals surface area contributed by atoms with Gasteiger partial charge in [0.1, 0.15) is 0 Å². The number of benzene rings is 1. The van der Waals surface area contributed by atoms with Gasteiger partial charge in [-0.05, 0) is 25.3 Å². The molecule has 1 aliphatic carbocycles. The third-order valence-corrected chi connectivity index (χ3v) is 5.97. The molecule has 3 rings (SSSR count). The molecule has 128 valence electrons. The number of hydrogen-bond donors (Lipinski definition) is 2. The maximum Gasteiger partial charge on any atom is 0.313 e. The molecule has 0 spiro atoms. The topological polar surface area (TPSA) is 84.5 Å². The van der Waals surface area contributed by atoms with E-state index >= 15 is 0 Å². The quantitative estimate of drug-likeness (QED) is 0.650. The van der Waals surface area contributed by atoms with Crippen molar-refractivity contribution in [2.45, 2.75) is 45.6 Å². The van der Waals surface area contributed by atoms with Crippen LogP contribution in [0.1, 0.15) is 39.2 Å². The minimum atomic E-state index is -1.22. The third-order valence-electron chi connectivity index (χ3n) is 5.97. The number of fused-ring (bicyclic) bond motifs is 2. The smallest absolute Gasteiger partial charge is 0.313 e. The van der Waals surface area contributed by atoms with Gasteiger partial charge in [0.15, 0.2) is 5.60 Å². The van der Waals surface area contributed by atoms with E-state index in [0.29, 0.717) is 12.8 Å². The number of esters is 1. The highest BCUT2D eigenvalue weighted by Gasteiger charge is 2.75. The van der Waals surface area contributed by atoms with Gasteiger partial charge in [0, 0.05) is 5.41 Å². The van der Waals surface area contributed by atoms with E-state index < -0.39 is 22.3 Å². The normalized spacial score (nSPS) is 29.9. The maximum atomic E-state index is 12.7. The number of nitrogens with one attached hydrogen (secondary N) is 2. The number of hydrazine groups is 1. The van der Waals surface area contributed by atoms with E-state index in [9.17, 15) is 14.4 Å². The predicted octanol–water partition coefficient (Wildman–Crippen LogP) is 1.50. The molecule has 2 bridgehead atoms. The van der Waals surface area contributed by atoms with Crippen molar-refractivity contribution in [3.63, 3.8) is 0 Å². The summed E-state index contributed by atoms with van der Waals surface area (Å²) in [5, 5.41) is 0. The number of carbonyl (C=O) groups is 3. The van der Waals surface area contributed by atoms with Gasteiger partial charge in [-0.15, -0.1) is 0 Å². The fraction of sp³-hybridized carbons (Fsp3) is 0.500. The molecule has 1 aromatic carbocycles. The lowest BCUT2D eigenvalue weighted by molar-refractivity contribution is -0.168. The summed E-state index contributed by atoms with van der Waals surface area (Å²) >= 11 is 0. The van der Waals surface area contributed by atoms with Gasteiger partial charge in [0.2, 0.25) is 5.91 Å². The van der Waals surface area contributed by atoms with Gasteiger partial charge in [0.25, 0.3) is 5.91 Å². The zero-order chi connectivity index (χ0) is 17.6. The van der Waals surface area contributed by atoms with Gasteiger partial charge in [0.05, 0.1) is 11.8 Å². The van der Waals surface area contributed by atoms with Gasteiger partial charge in [-0.25, -0.2) is 0 Å². The third kappa shape index (κ3) is 2.12. The summed E-state index contributed by atoms with van der Waals surface area (Å²) < 4.78 is 5.48. The van der Waals surface area contributed by atoms with Crippen LogP contribution in [-0.2, 0) is 25.5 Å². The Balaban J connectivity index is 1.66. The second-order valence-electron chi connectivity index (χ2n) is 7.34. The summed E-state index contributed by atoms with van der Waals surface area (Å²) in [5.41, 5.74) is 3.19. The lowest BCUT2D eigenvalue weighted by Crippen LogP contribution is -2.57. The van der Waals surface area contributed by atoms with Crippen LogP contribution in [-0.4, -0.2) is 23.4 Å². The second-order valence-corrected chi connectivity index (χ2v) is 7.34. The fourth-order valence-electron chi connectivity index (χ4n) is 3.80. The van der Waals surface area contributed by atoms with E-state index in [2.05, 4.69) is 10.9 Å². The number of amides is 2. The first-order valence-corrected chi connectivity index (χ1v) is 8.10. The molecule has 1 aromatic rings. The first-order valence-electron chi connectivity index (χ1n) is 8.10. The van der Waals surface area contributed by atoms with Crippen LogP contribution in [0.3, 0.4) is 0 Å². The first kappa shape index (κ1) is 16.5. The summed E-state index contributed by atoms with van der Waals surface area (Å²) in [6, 6.07) is 9.24. The molecule has 6 heteroatoms. The van der Waals surface area contributed by atoms with Crippen LogP contribution in [0.25, 0.3) is 0 Å².